The quantitative estimate of drug-likeness (QED) is 0.501. The molecule has 0 aliphatic heterocycles. The van der Waals surface area contributed by atoms with E-state index in [1.807, 2.05) is 13.0 Å². The minimum Gasteiger partial charge on any atom is -0.0843 e. The van der Waals surface area contributed by atoms with E-state index in [0.717, 1.165) is 14.2 Å². The Hall–Kier alpha value is 0.530. The number of aryl methyl sites for hydroxylation is 1. The second-order valence-corrected chi connectivity index (χ2v) is 3.94. The molecular formula is C7H5Cl2I. The molecule has 0 saturated carbocycles. The standard InChI is InChI=1S/C7H5Cl2I/c1-4-2-5(8)3-6(9)7(4)10/h2-3H,1H3. The molecule has 0 bridgehead atoms. The first-order valence-electron chi connectivity index (χ1n) is 2.72. The molecule has 0 amide bonds. The molecule has 1 aromatic rings. The van der Waals surface area contributed by atoms with E-state index in [2.05, 4.69) is 22.6 Å². The zero-order chi connectivity index (χ0) is 7.72. The SMILES string of the molecule is Cc1cc(Cl)cc(Cl)c1I. The van der Waals surface area contributed by atoms with Crippen LogP contribution in [-0.2, 0) is 0 Å². The Morgan fingerprint density at radius 2 is 1.90 bits per heavy atom. The van der Waals surface area contributed by atoms with Gasteiger partial charge in [0.1, 0.15) is 0 Å². The summed E-state index contributed by atoms with van der Waals surface area (Å²) < 4.78 is 1.07. The van der Waals surface area contributed by atoms with Crippen LogP contribution in [0.25, 0.3) is 0 Å². The van der Waals surface area contributed by atoms with Gasteiger partial charge >= 0.3 is 0 Å². The molecule has 0 radical (unpaired) electrons. The molecule has 10 heavy (non-hydrogen) atoms. The number of benzene rings is 1. The third-order valence-electron chi connectivity index (χ3n) is 1.17. The average Bonchev–Trinajstić information content (AvgIpc) is 1.82. The van der Waals surface area contributed by atoms with Crippen LogP contribution in [0.5, 0.6) is 0 Å². The maximum Gasteiger partial charge on any atom is 0.0556 e. The minimum absolute atomic E-state index is 0.697. The molecule has 0 aliphatic rings. The summed E-state index contributed by atoms with van der Waals surface area (Å²) in [6.45, 7) is 1.99. The predicted molar refractivity (Wildman–Crippen MR) is 53.9 cm³/mol. The summed E-state index contributed by atoms with van der Waals surface area (Å²) in [5, 5.41) is 1.42. The first-order chi connectivity index (χ1) is 4.61. The molecular weight excluding hydrogens is 282 g/mol. The Morgan fingerprint density at radius 3 is 2.40 bits per heavy atom. The fourth-order valence-electron chi connectivity index (χ4n) is 0.685. The van der Waals surface area contributed by atoms with Gasteiger partial charge in [-0.05, 0) is 47.2 Å². The van der Waals surface area contributed by atoms with Gasteiger partial charge in [-0.2, -0.15) is 0 Å². The molecule has 0 saturated heterocycles. The molecule has 1 aromatic carbocycles. The summed E-state index contributed by atoms with van der Waals surface area (Å²) in [5.41, 5.74) is 1.12. The van der Waals surface area contributed by atoms with Crippen molar-refractivity contribution in [1.82, 2.24) is 0 Å². The molecule has 0 nitrogen and oxygen atoms in total. The van der Waals surface area contributed by atoms with Crippen LogP contribution >= 0.6 is 45.8 Å². The summed E-state index contributed by atoms with van der Waals surface area (Å²) in [7, 11) is 0. The van der Waals surface area contributed by atoms with Crippen LogP contribution in [0.15, 0.2) is 12.1 Å². The molecule has 54 valence electrons. The first kappa shape index (κ1) is 8.62. The van der Waals surface area contributed by atoms with E-state index in [1.54, 1.807) is 6.07 Å². The van der Waals surface area contributed by atoms with Gasteiger partial charge in [-0.1, -0.05) is 23.2 Å². The average molecular weight is 287 g/mol. The van der Waals surface area contributed by atoms with Gasteiger partial charge in [0.25, 0.3) is 0 Å². The zero-order valence-corrected chi connectivity index (χ0v) is 8.96. The van der Waals surface area contributed by atoms with Crippen LogP contribution < -0.4 is 0 Å². The molecule has 0 atom stereocenters. The second kappa shape index (κ2) is 3.28. The second-order valence-electron chi connectivity index (χ2n) is 2.02. The van der Waals surface area contributed by atoms with Crippen molar-refractivity contribution in [3.63, 3.8) is 0 Å². The molecule has 0 aromatic heterocycles. The Labute approximate surface area is 83.7 Å². The summed E-state index contributed by atoms with van der Waals surface area (Å²) in [6, 6.07) is 3.65. The summed E-state index contributed by atoms with van der Waals surface area (Å²) in [4.78, 5) is 0. The molecule has 0 heterocycles. The first-order valence-corrected chi connectivity index (χ1v) is 4.56. The Bertz CT molecular complexity index is 235. The Balaban J connectivity index is 3.31. The maximum absolute atomic E-state index is 5.83. The van der Waals surface area contributed by atoms with Crippen LogP contribution in [0.2, 0.25) is 10.0 Å². The van der Waals surface area contributed by atoms with Crippen molar-refractivity contribution >= 4 is 45.8 Å². The van der Waals surface area contributed by atoms with Gasteiger partial charge in [-0.15, -0.1) is 0 Å². The van der Waals surface area contributed by atoms with Crippen LogP contribution in [-0.4, -0.2) is 0 Å². The molecule has 0 N–H and O–H groups in total. The molecule has 0 unspecified atom stereocenters. The van der Waals surface area contributed by atoms with Crippen molar-refractivity contribution in [3.8, 4) is 0 Å². The lowest BCUT2D eigenvalue weighted by atomic mass is 10.2. The van der Waals surface area contributed by atoms with E-state index in [1.165, 1.54) is 0 Å². The lowest BCUT2D eigenvalue weighted by molar-refractivity contribution is 1.43. The fraction of sp³-hybridized carbons (Fsp3) is 0.143. The number of hydrogen-bond acceptors (Lipinski definition) is 0. The lowest BCUT2D eigenvalue weighted by Gasteiger charge is -2.00. The minimum atomic E-state index is 0.697. The molecule has 0 spiro atoms. The highest BCUT2D eigenvalue weighted by Gasteiger charge is 2.00. The van der Waals surface area contributed by atoms with Gasteiger partial charge in [0.15, 0.2) is 0 Å². The van der Waals surface area contributed by atoms with Gasteiger partial charge in [0.2, 0.25) is 0 Å². The van der Waals surface area contributed by atoms with Gasteiger partial charge < -0.3 is 0 Å². The van der Waals surface area contributed by atoms with Gasteiger partial charge in [0, 0.05) is 8.59 Å². The highest BCUT2D eigenvalue weighted by Crippen LogP contribution is 2.25. The van der Waals surface area contributed by atoms with Crippen molar-refractivity contribution in [1.29, 1.82) is 0 Å². The summed E-state index contributed by atoms with van der Waals surface area (Å²) in [6.07, 6.45) is 0. The van der Waals surface area contributed by atoms with E-state index >= 15 is 0 Å². The molecule has 0 fully saturated rings. The number of rotatable bonds is 0. The van der Waals surface area contributed by atoms with Crippen molar-refractivity contribution in [2.24, 2.45) is 0 Å². The highest BCUT2D eigenvalue weighted by atomic mass is 127. The third-order valence-corrected chi connectivity index (χ3v) is 3.44. The maximum atomic E-state index is 5.83. The van der Waals surface area contributed by atoms with Gasteiger partial charge in [-0.25, -0.2) is 0 Å². The highest BCUT2D eigenvalue weighted by molar-refractivity contribution is 14.1. The van der Waals surface area contributed by atoms with Crippen molar-refractivity contribution in [2.75, 3.05) is 0 Å². The van der Waals surface area contributed by atoms with Crippen molar-refractivity contribution in [2.45, 2.75) is 6.92 Å². The lowest BCUT2D eigenvalue weighted by Crippen LogP contribution is -1.80. The summed E-state index contributed by atoms with van der Waals surface area (Å²) >= 11 is 13.8. The largest absolute Gasteiger partial charge is 0.0843 e. The number of hydrogen-bond donors (Lipinski definition) is 0. The van der Waals surface area contributed by atoms with Crippen molar-refractivity contribution < 1.29 is 0 Å². The normalized spacial score (nSPS) is 10.0. The zero-order valence-electron chi connectivity index (χ0n) is 5.29. The smallest absolute Gasteiger partial charge is 0.0556 e. The van der Waals surface area contributed by atoms with Crippen LogP contribution in [0.3, 0.4) is 0 Å². The summed E-state index contributed by atoms with van der Waals surface area (Å²) in [5.74, 6) is 0. The van der Waals surface area contributed by atoms with E-state index in [0.29, 0.717) is 5.02 Å². The molecule has 3 heteroatoms. The topological polar surface area (TPSA) is 0 Å². The van der Waals surface area contributed by atoms with Crippen LogP contribution in [0, 0.1) is 10.5 Å². The third kappa shape index (κ3) is 1.77. The number of halogens is 3. The Kier molecular flexibility index (Phi) is 2.83. The fourth-order valence-corrected chi connectivity index (χ4v) is 1.59. The van der Waals surface area contributed by atoms with Gasteiger partial charge in [0.05, 0.1) is 5.02 Å². The molecule has 0 aliphatic carbocycles. The van der Waals surface area contributed by atoms with E-state index in [4.69, 9.17) is 23.2 Å². The van der Waals surface area contributed by atoms with E-state index < -0.39 is 0 Å². The molecule has 1 rings (SSSR count). The van der Waals surface area contributed by atoms with Crippen molar-refractivity contribution in [3.05, 3.63) is 31.3 Å². The van der Waals surface area contributed by atoms with Crippen LogP contribution in [0.1, 0.15) is 5.56 Å². The van der Waals surface area contributed by atoms with Crippen LogP contribution in [0.4, 0.5) is 0 Å². The van der Waals surface area contributed by atoms with E-state index in [9.17, 15) is 0 Å². The van der Waals surface area contributed by atoms with E-state index in [-0.39, 0.29) is 0 Å². The monoisotopic (exact) mass is 286 g/mol. The Morgan fingerprint density at radius 1 is 1.30 bits per heavy atom. The predicted octanol–water partition coefficient (Wildman–Crippen LogP) is 3.91. The van der Waals surface area contributed by atoms with Gasteiger partial charge in [-0.3, -0.25) is 0 Å².